The van der Waals surface area contributed by atoms with Gasteiger partial charge in [-0.05, 0) is 26.2 Å². The van der Waals surface area contributed by atoms with Crippen LogP contribution in [0.15, 0.2) is 12.7 Å². The first kappa shape index (κ1) is 43.7. The monoisotopic (exact) mass is 760 g/mol. The van der Waals surface area contributed by atoms with E-state index in [2.05, 4.69) is 6.58 Å². The average molecular weight is 761 g/mol. The molecule has 0 aromatic heterocycles. The van der Waals surface area contributed by atoms with Gasteiger partial charge in [0.2, 0.25) is 0 Å². The molecule has 4 fully saturated rings. The van der Waals surface area contributed by atoms with E-state index in [0.29, 0.717) is 6.42 Å². The lowest BCUT2D eigenvalue weighted by Gasteiger charge is -2.50. The van der Waals surface area contributed by atoms with Gasteiger partial charge in [0.05, 0.1) is 25.9 Å². The minimum Gasteiger partial charge on any atom is -0.394 e. The SMILES string of the molecule is C=CCCCCCCO[C@@H]1O[C@H](CO)[C@@H](O[C@@H]2O[C@H](CO)[C@H](O)[C@H](O[C@H]3O[C@H](CO)[C@H](O)[C@H](O)[C@H]3O)[C@H]2O[C@@H]2O[C@@H](C)[C@@H](O)[C@@H](O)[C@@H]2O)[C@H](O)[C@H]1O. The Morgan fingerprint density at radius 1 is 0.481 bits per heavy atom. The van der Waals surface area contributed by atoms with Gasteiger partial charge in [-0.15, -0.1) is 6.58 Å². The highest BCUT2D eigenvalue weighted by atomic mass is 16.8. The van der Waals surface area contributed by atoms with E-state index in [0.717, 1.165) is 25.7 Å². The molecule has 0 aromatic carbocycles. The molecule has 12 N–H and O–H groups in total. The fourth-order valence-corrected chi connectivity index (χ4v) is 6.52. The van der Waals surface area contributed by atoms with Crippen molar-refractivity contribution in [3.05, 3.63) is 12.7 Å². The zero-order chi connectivity index (χ0) is 38.3. The Labute approximate surface area is 300 Å². The summed E-state index contributed by atoms with van der Waals surface area (Å²) in [6.07, 6.45) is -27.8. The van der Waals surface area contributed by atoms with E-state index < -0.39 is 143 Å². The van der Waals surface area contributed by atoms with Gasteiger partial charge in [0.1, 0.15) is 91.6 Å². The summed E-state index contributed by atoms with van der Waals surface area (Å²) < 4.78 is 46.0. The van der Waals surface area contributed by atoms with Gasteiger partial charge in [-0.3, -0.25) is 0 Å². The lowest BCUT2D eigenvalue weighted by Crippen LogP contribution is -2.68. The second kappa shape index (κ2) is 20.2. The average Bonchev–Trinajstić information content (AvgIpc) is 3.13. The molecule has 0 aliphatic carbocycles. The molecule has 0 radical (unpaired) electrons. The summed E-state index contributed by atoms with van der Waals surface area (Å²) in [7, 11) is 0. The molecular weight excluding hydrogens is 704 g/mol. The van der Waals surface area contributed by atoms with Gasteiger partial charge in [-0.2, -0.15) is 0 Å². The Hall–Kier alpha value is -1.06. The van der Waals surface area contributed by atoms with E-state index >= 15 is 0 Å². The number of allylic oxidation sites excluding steroid dienone is 1. The van der Waals surface area contributed by atoms with Crippen molar-refractivity contribution in [3.63, 3.8) is 0 Å². The molecule has 20 nitrogen and oxygen atoms in total. The van der Waals surface area contributed by atoms with Crippen LogP contribution >= 0.6 is 0 Å². The third-order valence-electron chi connectivity index (χ3n) is 9.73. The summed E-state index contributed by atoms with van der Waals surface area (Å²) >= 11 is 0. The standard InChI is InChI=1S/C32H56O20/c1-3-4-5-6-7-8-9-45-29-25(44)22(41)26(16(12-35)49-29)50-32-28(52-30-23(42)20(39)17(36)13(2)46-30)27(19(38)15(11-34)48-32)51-31-24(43)21(40)18(37)14(10-33)47-31/h3,13-44H,1,4-12H2,2H3/t13-,14+,15+,16+,17+,18-,19-,20+,21-,22+,23-,24+,25+,26+,27-,28+,29+,30-,31+,32-/m0/s1. The highest BCUT2D eigenvalue weighted by molar-refractivity contribution is 4.98. The van der Waals surface area contributed by atoms with Crippen LogP contribution in [0.2, 0.25) is 0 Å². The highest BCUT2D eigenvalue weighted by Crippen LogP contribution is 2.36. The van der Waals surface area contributed by atoms with Gasteiger partial charge in [-0.25, -0.2) is 0 Å². The van der Waals surface area contributed by atoms with Crippen LogP contribution in [0.5, 0.6) is 0 Å². The van der Waals surface area contributed by atoms with Crippen molar-refractivity contribution in [2.24, 2.45) is 0 Å². The quantitative estimate of drug-likeness (QED) is 0.0486. The molecule has 4 aliphatic rings. The van der Waals surface area contributed by atoms with Crippen molar-refractivity contribution >= 4 is 0 Å². The summed E-state index contributed by atoms with van der Waals surface area (Å²) in [6, 6.07) is 0. The Kier molecular flexibility index (Phi) is 17.0. The van der Waals surface area contributed by atoms with Gasteiger partial charge >= 0.3 is 0 Å². The summed E-state index contributed by atoms with van der Waals surface area (Å²) in [4.78, 5) is 0. The Balaban J connectivity index is 1.59. The van der Waals surface area contributed by atoms with Crippen LogP contribution in [0.4, 0.5) is 0 Å². The molecule has 0 unspecified atom stereocenters. The number of rotatable bonds is 17. The zero-order valence-electron chi connectivity index (χ0n) is 28.8. The van der Waals surface area contributed by atoms with E-state index in [-0.39, 0.29) is 6.61 Å². The topological polar surface area (TPSA) is 317 Å². The van der Waals surface area contributed by atoms with Crippen LogP contribution < -0.4 is 0 Å². The number of aliphatic hydroxyl groups excluding tert-OH is 12. The molecule has 4 saturated heterocycles. The maximum atomic E-state index is 11.3. The van der Waals surface area contributed by atoms with E-state index in [1.165, 1.54) is 6.92 Å². The van der Waals surface area contributed by atoms with Crippen LogP contribution in [-0.2, 0) is 37.9 Å². The van der Waals surface area contributed by atoms with Crippen LogP contribution in [0.3, 0.4) is 0 Å². The first-order chi connectivity index (χ1) is 24.8. The van der Waals surface area contributed by atoms with Crippen molar-refractivity contribution in [1.29, 1.82) is 0 Å². The minimum absolute atomic E-state index is 0.170. The van der Waals surface area contributed by atoms with Gasteiger partial charge < -0.3 is 99.2 Å². The van der Waals surface area contributed by atoms with Gasteiger partial charge in [0.15, 0.2) is 25.2 Å². The third-order valence-corrected chi connectivity index (χ3v) is 9.73. The van der Waals surface area contributed by atoms with Gasteiger partial charge in [0, 0.05) is 6.61 Å². The molecule has 20 atom stereocenters. The van der Waals surface area contributed by atoms with Crippen molar-refractivity contribution in [1.82, 2.24) is 0 Å². The molecular formula is C32H56O20. The predicted molar refractivity (Wildman–Crippen MR) is 169 cm³/mol. The first-order valence-corrected chi connectivity index (χ1v) is 17.5. The molecule has 4 aliphatic heterocycles. The van der Waals surface area contributed by atoms with E-state index in [1.807, 2.05) is 6.08 Å². The Bertz CT molecular complexity index is 1060. The zero-order valence-corrected chi connectivity index (χ0v) is 28.8. The molecule has 20 heteroatoms. The highest BCUT2D eigenvalue weighted by Gasteiger charge is 2.56. The summed E-state index contributed by atoms with van der Waals surface area (Å²) in [5, 5.41) is 126. The van der Waals surface area contributed by atoms with E-state index in [1.54, 1.807) is 0 Å². The first-order valence-electron chi connectivity index (χ1n) is 17.5. The number of unbranched alkanes of at least 4 members (excludes halogenated alkanes) is 4. The lowest BCUT2D eigenvalue weighted by atomic mass is 9.95. The summed E-state index contributed by atoms with van der Waals surface area (Å²) in [5.41, 5.74) is 0. The van der Waals surface area contributed by atoms with E-state index in [9.17, 15) is 61.3 Å². The largest absolute Gasteiger partial charge is 0.394 e. The Morgan fingerprint density at radius 3 is 1.62 bits per heavy atom. The number of hydrogen-bond acceptors (Lipinski definition) is 20. The lowest BCUT2D eigenvalue weighted by molar-refractivity contribution is -0.405. The molecule has 0 bridgehead atoms. The Morgan fingerprint density at radius 2 is 0.981 bits per heavy atom. The molecule has 4 heterocycles. The normalized spacial score (nSPS) is 47.3. The molecule has 304 valence electrons. The second-order valence-electron chi connectivity index (χ2n) is 13.5. The minimum atomic E-state index is -1.97. The summed E-state index contributed by atoms with van der Waals surface area (Å²) in [6.45, 7) is 2.75. The fraction of sp³-hybridized carbons (Fsp3) is 0.938. The van der Waals surface area contributed by atoms with Gasteiger partial charge in [-0.1, -0.05) is 18.9 Å². The number of aliphatic hydroxyl groups is 12. The van der Waals surface area contributed by atoms with Crippen LogP contribution in [0.1, 0.15) is 39.0 Å². The van der Waals surface area contributed by atoms with Crippen molar-refractivity contribution in [2.75, 3.05) is 26.4 Å². The second-order valence-corrected chi connectivity index (χ2v) is 13.5. The third kappa shape index (κ3) is 10.0. The maximum absolute atomic E-state index is 11.3. The molecule has 0 amide bonds. The molecule has 52 heavy (non-hydrogen) atoms. The van der Waals surface area contributed by atoms with Crippen molar-refractivity contribution < 1.29 is 99.2 Å². The van der Waals surface area contributed by atoms with Crippen LogP contribution in [-0.4, -0.2) is 211 Å². The fourth-order valence-electron chi connectivity index (χ4n) is 6.52. The van der Waals surface area contributed by atoms with Crippen LogP contribution in [0.25, 0.3) is 0 Å². The maximum Gasteiger partial charge on any atom is 0.187 e. The number of hydrogen-bond donors (Lipinski definition) is 12. The van der Waals surface area contributed by atoms with Crippen LogP contribution in [0, 0.1) is 0 Å². The smallest absolute Gasteiger partial charge is 0.187 e. The van der Waals surface area contributed by atoms with Crippen molar-refractivity contribution in [2.45, 2.75) is 162 Å². The molecule has 4 rings (SSSR count). The molecule has 0 spiro atoms. The summed E-state index contributed by atoms with van der Waals surface area (Å²) in [5.74, 6) is 0. The molecule has 0 saturated carbocycles. The van der Waals surface area contributed by atoms with E-state index in [4.69, 9.17) is 37.9 Å². The van der Waals surface area contributed by atoms with Gasteiger partial charge in [0.25, 0.3) is 0 Å². The predicted octanol–water partition coefficient (Wildman–Crippen LogP) is -5.56. The van der Waals surface area contributed by atoms with Crippen molar-refractivity contribution in [3.8, 4) is 0 Å². The molecule has 0 aromatic rings. The number of ether oxygens (including phenoxy) is 8.